The van der Waals surface area contributed by atoms with Crippen LogP contribution in [0.3, 0.4) is 0 Å². The van der Waals surface area contributed by atoms with Crippen LogP contribution in [0.4, 0.5) is 5.69 Å². The lowest BCUT2D eigenvalue weighted by molar-refractivity contribution is 0.263. The van der Waals surface area contributed by atoms with Crippen molar-refractivity contribution in [3.8, 4) is 11.5 Å². The molecule has 0 N–H and O–H groups in total. The topological polar surface area (TPSA) is 62.6 Å². The van der Waals surface area contributed by atoms with Gasteiger partial charge < -0.3 is 14.5 Å². The highest BCUT2D eigenvalue weighted by molar-refractivity contribution is 6.30. The Morgan fingerprint density at radius 2 is 1.76 bits per heavy atom. The summed E-state index contributed by atoms with van der Waals surface area (Å²) in [6.45, 7) is 8.59. The first kappa shape index (κ1) is 24.7. The van der Waals surface area contributed by atoms with E-state index >= 15 is 0 Å². The number of rotatable bonds is 8. The average molecular weight is 514 g/mol. The van der Waals surface area contributed by atoms with Crippen molar-refractivity contribution in [2.45, 2.75) is 0 Å². The molecule has 3 aromatic carbocycles. The third-order valence-electron chi connectivity index (χ3n) is 6.28. The zero-order valence-electron chi connectivity index (χ0n) is 20.5. The third-order valence-corrected chi connectivity index (χ3v) is 6.51. The molecule has 8 heteroatoms. The summed E-state index contributed by atoms with van der Waals surface area (Å²) >= 11 is 6.11. The van der Waals surface area contributed by atoms with E-state index in [1.54, 1.807) is 6.07 Å². The Labute approximate surface area is 221 Å². The molecule has 2 heterocycles. The van der Waals surface area contributed by atoms with Gasteiger partial charge >= 0.3 is 0 Å². The molecule has 0 bridgehead atoms. The SMILES string of the molecule is C=NOC(=NCCN1CCN(c2ccnc3cc(Oc4ccccc4)ccc23)CC1)c1cccc(Cl)c1. The summed E-state index contributed by atoms with van der Waals surface area (Å²) < 4.78 is 5.99. The van der Waals surface area contributed by atoms with Gasteiger partial charge in [0.1, 0.15) is 11.5 Å². The predicted molar refractivity (Wildman–Crippen MR) is 150 cm³/mol. The molecule has 5 rings (SSSR count). The summed E-state index contributed by atoms with van der Waals surface area (Å²) in [6.07, 6.45) is 1.87. The number of oxime groups is 1. The maximum atomic E-state index is 6.11. The van der Waals surface area contributed by atoms with Gasteiger partial charge in [-0.2, -0.15) is 0 Å². The Bertz CT molecular complexity index is 1390. The Morgan fingerprint density at radius 1 is 0.919 bits per heavy atom. The van der Waals surface area contributed by atoms with Gasteiger partial charge in [-0.15, -0.1) is 0 Å². The number of hydrogen-bond acceptors (Lipinski definition) is 7. The lowest BCUT2D eigenvalue weighted by Crippen LogP contribution is -2.47. The van der Waals surface area contributed by atoms with E-state index in [4.69, 9.17) is 21.2 Å². The average Bonchev–Trinajstić information content (AvgIpc) is 2.93. The molecule has 1 aliphatic rings. The number of fused-ring (bicyclic) bond motifs is 1. The lowest BCUT2D eigenvalue weighted by atomic mass is 10.1. The molecule has 0 amide bonds. The Kier molecular flexibility index (Phi) is 7.93. The Morgan fingerprint density at radius 3 is 2.54 bits per heavy atom. The molecule has 0 atom stereocenters. The van der Waals surface area contributed by atoms with Crippen LogP contribution in [0.5, 0.6) is 11.5 Å². The fraction of sp³-hybridized carbons (Fsp3) is 0.207. The van der Waals surface area contributed by atoms with Crippen LogP contribution >= 0.6 is 11.6 Å². The standard InChI is InChI=1S/C29H28ClN5O2/c1-31-37-29(22-6-5-7-23(30)20-22)33-14-15-34-16-18-35(19-17-34)28-12-13-32-27-21-25(10-11-26(27)28)36-24-8-3-2-4-9-24/h2-13,20-21H,1,14-19H2. The number of anilines is 1. The number of aliphatic imine (C=N–C) groups is 1. The summed E-state index contributed by atoms with van der Waals surface area (Å²) in [6, 6.07) is 25.4. The lowest BCUT2D eigenvalue weighted by Gasteiger charge is -2.36. The molecule has 1 aliphatic heterocycles. The molecule has 0 spiro atoms. The van der Waals surface area contributed by atoms with Gasteiger partial charge in [-0.25, -0.2) is 4.99 Å². The van der Waals surface area contributed by atoms with Gasteiger partial charge in [-0.1, -0.05) is 41.0 Å². The second-order valence-corrected chi connectivity index (χ2v) is 9.11. The van der Waals surface area contributed by atoms with Gasteiger partial charge in [-0.3, -0.25) is 9.88 Å². The quantitative estimate of drug-likeness (QED) is 0.167. The van der Waals surface area contributed by atoms with E-state index < -0.39 is 0 Å². The molecule has 0 unspecified atom stereocenters. The number of hydrogen-bond donors (Lipinski definition) is 0. The van der Waals surface area contributed by atoms with Crippen LogP contribution in [0.1, 0.15) is 5.56 Å². The fourth-order valence-corrected chi connectivity index (χ4v) is 4.63. The number of benzene rings is 3. The molecular formula is C29H28ClN5O2. The molecule has 0 aliphatic carbocycles. The van der Waals surface area contributed by atoms with E-state index in [9.17, 15) is 0 Å². The summed E-state index contributed by atoms with van der Waals surface area (Å²) in [7, 11) is 0. The highest BCUT2D eigenvalue weighted by Gasteiger charge is 2.19. The summed E-state index contributed by atoms with van der Waals surface area (Å²) in [5, 5.41) is 5.29. The fourth-order valence-electron chi connectivity index (χ4n) is 4.44. The number of ether oxygens (including phenoxy) is 1. The number of para-hydroxylation sites is 1. The zero-order chi connectivity index (χ0) is 25.5. The second-order valence-electron chi connectivity index (χ2n) is 8.67. The van der Waals surface area contributed by atoms with Crippen molar-refractivity contribution in [2.24, 2.45) is 10.1 Å². The van der Waals surface area contributed by atoms with Gasteiger partial charge in [0.15, 0.2) is 0 Å². The summed E-state index contributed by atoms with van der Waals surface area (Å²) in [5.41, 5.74) is 2.90. The van der Waals surface area contributed by atoms with E-state index in [0.29, 0.717) is 17.5 Å². The third kappa shape index (κ3) is 6.25. The van der Waals surface area contributed by atoms with Crippen molar-refractivity contribution in [3.63, 3.8) is 0 Å². The number of halogens is 1. The summed E-state index contributed by atoms with van der Waals surface area (Å²) in [5.74, 6) is 2.02. The van der Waals surface area contributed by atoms with Gasteiger partial charge in [0.25, 0.3) is 5.90 Å². The largest absolute Gasteiger partial charge is 0.457 e. The van der Waals surface area contributed by atoms with Crippen LogP contribution in [-0.2, 0) is 4.84 Å². The molecule has 0 radical (unpaired) electrons. The van der Waals surface area contributed by atoms with Crippen molar-refractivity contribution in [1.82, 2.24) is 9.88 Å². The maximum absolute atomic E-state index is 6.11. The highest BCUT2D eigenvalue weighted by atomic mass is 35.5. The highest BCUT2D eigenvalue weighted by Crippen LogP contribution is 2.30. The number of aromatic nitrogens is 1. The second kappa shape index (κ2) is 11.9. The predicted octanol–water partition coefficient (Wildman–Crippen LogP) is 5.88. The number of piperazine rings is 1. The van der Waals surface area contributed by atoms with Crippen LogP contribution in [0.2, 0.25) is 5.02 Å². The molecule has 0 saturated carbocycles. The molecule has 1 fully saturated rings. The minimum Gasteiger partial charge on any atom is -0.457 e. The van der Waals surface area contributed by atoms with Crippen molar-refractivity contribution in [2.75, 3.05) is 44.2 Å². The van der Waals surface area contributed by atoms with Crippen molar-refractivity contribution in [1.29, 1.82) is 0 Å². The molecule has 1 aromatic heterocycles. The van der Waals surface area contributed by atoms with Crippen LogP contribution in [-0.4, -0.2) is 61.8 Å². The van der Waals surface area contributed by atoms with Crippen LogP contribution in [0.15, 0.2) is 95.2 Å². The van der Waals surface area contributed by atoms with Gasteiger partial charge in [-0.05, 0) is 48.5 Å². The smallest absolute Gasteiger partial charge is 0.251 e. The first-order valence-electron chi connectivity index (χ1n) is 12.2. The maximum Gasteiger partial charge on any atom is 0.251 e. The van der Waals surface area contributed by atoms with Gasteiger partial charge in [0.2, 0.25) is 0 Å². The van der Waals surface area contributed by atoms with Crippen LogP contribution in [0, 0.1) is 0 Å². The first-order chi connectivity index (χ1) is 18.2. The number of pyridine rings is 1. The van der Waals surface area contributed by atoms with Gasteiger partial charge in [0, 0.05) is 73.4 Å². The van der Waals surface area contributed by atoms with Crippen molar-refractivity contribution >= 4 is 40.8 Å². The summed E-state index contributed by atoms with van der Waals surface area (Å²) in [4.78, 5) is 19.3. The van der Waals surface area contributed by atoms with E-state index in [-0.39, 0.29) is 0 Å². The molecule has 7 nitrogen and oxygen atoms in total. The van der Waals surface area contributed by atoms with Crippen LogP contribution in [0.25, 0.3) is 10.9 Å². The monoisotopic (exact) mass is 513 g/mol. The van der Waals surface area contributed by atoms with Crippen molar-refractivity contribution in [3.05, 3.63) is 95.6 Å². The minimum atomic E-state index is 0.426. The first-order valence-corrected chi connectivity index (χ1v) is 12.6. The van der Waals surface area contributed by atoms with E-state index in [0.717, 1.165) is 60.7 Å². The van der Waals surface area contributed by atoms with Crippen molar-refractivity contribution < 1.29 is 9.57 Å². The normalized spacial score (nSPS) is 14.5. The molecule has 188 valence electrons. The Hall–Kier alpha value is -3.94. The molecule has 1 saturated heterocycles. The zero-order valence-corrected chi connectivity index (χ0v) is 21.2. The van der Waals surface area contributed by atoms with Crippen LogP contribution < -0.4 is 9.64 Å². The molecule has 4 aromatic rings. The molecule has 37 heavy (non-hydrogen) atoms. The minimum absolute atomic E-state index is 0.426. The number of nitrogens with zero attached hydrogens (tertiary/aromatic N) is 5. The van der Waals surface area contributed by atoms with E-state index in [2.05, 4.69) is 43.8 Å². The van der Waals surface area contributed by atoms with E-state index in [1.807, 2.05) is 66.9 Å². The van der Waals surface area contributed by atoms with E-state index in [1.165, 1.54) is 5.69 Å². The molecular weight excluding hydrogens is 486 g/mol. The van der Waals surface area contributed by atoms with Gasteiger partial charge in [0.05, 0.1) is 12.1 Å². The Balaban J connectivity index is 1.20.